The van der Waals surface area contributed by atoms with Gasteiger partial charge in [0.25, 0.3) is 5.82 Å². The minimum absolute atomic E-state index is 0.0166. The number of furan rings is 1. The fraction of sp³-hybridized carbons (Fsp3) is 0.0952. The van der Waals surface area contributed by atoms with Crippen LogP contribution in [0.4, 0.5) is 4.39 Å². The van der Waals surface area contributed by atoms with Crippen LogP contribution in [0.5, 0.6) is 0 Å². The molecule has 0 amide bonds. The van der Waals surface area contributed by atoms with Crippen molar-refractivity contribution in [3.8, 4) is 33.8 Å². The van der Waals surface area contributed by atoms with Gasteiger partial charge in [-0.15, -0.1) is 0 Å². The van der Waals surface area contributed by atoms with E-state index in [0.29, 0.717) is 0 Å². The van der Waals surface area contributed by atoms with E-state index in [-0.39, 0.29) is 17.8 Å². The smallest absolute Gasteiger partial charge is 0.298 e. The van der Waals surface area contributed by atoms with Crippen molar-refractivity contribution in [2.24, 2.45) is 7.05 Å². The van der Waals surface area contributed by atoms with Gasteiger partial charge in [-0.25, -0.2) is 8.96 Å². The lowest BCUT2D eigenvalue weighted by Crippen LogP contribution is -2.50. The Kier molecular flexibility index (Phi) is 5.39. The van der Waals surface area contributed by atoms with Gasteiger partial charge in [0.15, 0.2) is 28.1 Å². The highest BCUT2D eigenvalue weighted by molar-refractivity contribution is 6.11. The van der Waals surface area contributed by atoms with E-state index >= 15 is 4.39 Å². The van der Waals surface area contributed by atoms with Gasteiger partial charge >= 0.3 is 0 Å². The average Bonchev–Trinajstić information content (AvgIpc) is 3.62. The lowest BCUT2D eigenvalue weighted by molar-refractivity contribution is -0.706. The first kappa shape index (κ1) is 26.4. The van der Waals surface area contributed by atoms with Gasteiger partial charge in [0.2, 0.25) is 17.9 Å². The Morgan fingerprint density at radius 3 is 2.49 bits per heavy atom. The van der Waals surface area contributed by atoms with Crippen LogP contribution >= 0.6 is 0 Å². The second-order valence-electron chi connectivity index (χ2n) is 12.8. The Morgan fingerprint density at radius 1 is 0.809 bits per heavy atom. The fourth-order valence-corrected chi connectivity index (χ4v) is 8.34. The molecule has 224 valence electrons. The van der Waals surface area contributed by atoms with Gasteiger partial charge in [0.1, 0.15) is 11.1 Å². The number of aryl methyl sites for hydroxylation is 1. The topological polar surface area (TPSA) is 25.8 Å². The van der Waals surface area contributed by atoms with Crippen LogP contribution in [0.2, 0.25) is 0 Å². The maximum absolute atomic E-state index is 15.1. The van der Waals surface area contributed by atoms with Crippen molar-refractivity contribution < 1.29 is 17.9 Å². The molecule has 5 aromatic carbocycles. The summed E-state index contributed by atoms with van der Waals surface area (Å²) < 4.78 is 28.7. The van der Waals surface area contributed by atoms with Crippen LogP contribution in [-0.4, -0.2) is 4.57 Å². The first-order valence-corrected chi connectivity index (χ1v) is 16.1. The SMILES string of the molecule is C=C1C2C(Cc3ccc4c(oc5cc(-c6ccccc6)ccc54)c3-c3n1c1ccccc1[n+]3C)c1ccccc1-c1ccc(F)c[n+]12. The molecule has 0 saturated carbocycles. The van der Waals surface area contributed by atoms with Crippen molar-refractivity contribution in [1.82, 2.24) is 4.57 Å². The highest BCUT2D eigenvalue weighted by Crippen LogP contribution is 2.49. The number of fused-ring (bicyclic) bond motifs is 15. The Labute approximate surface area is 270 Å². The number of halogens is 1. The first-order chi connectivity index (χ1) is 23.1. The van der Waals surface area contributed by atoms with E-state index in [1.165, 1.54) is 11.1 Å². The molecule has 0 aliphatic carbocycles. The van der Waals surface area contributed by atoms with Crippen LogP contribution in [0, 0.1) is 5.82 Å². The molecular formula is C42H30FN3O+2. The maximum Gasteiger partial charge on any atom is 0.298 e. The number of rotatable bonds is 1. The summed E-state index contributed by atoms with van der Waals surface area (Å²) in [5.74, 6) is 0.766. The van der Waals surface area contributed by atoms with Crippen LogP contribution < -0.4 is 9.13 Å². The average molecular weight is 612 g/mol. The number of benzene rings is 5. The molecule has 5 heteroatoms. The molecule has 47 heavy (non-hydrogen) atoms. The summed E-state index contributed by atoms with van der Waals surface area (Å²) in [5.41, 5.74) is 12.7. The minimum Gasteiger partial charge on any atom is -0.455 e. The molecule has 0 fully saturated rings. The van der Waals surface area contributed by atoms with Crippen LogP contribution in [0.1, 0.15) is 23.1 Å². The summed E-state index contributed by atoms with van der Waals surface area (Å²) in [5, 5.41) is 2.18. The zero-order valence-electron chi connectivity index (χ0n) is 25.8. The Hall–Kier alpha value is -5.81. The second-order valence-corrected chi connectivity index (χ2v) is 12.8. The number of hydrogen-bond donors (Lipinski definition) is 0. The molecule has 8 aromatic rings. The Morgan fingerprint density at radius 2 is 1.60 bits per heavy atom. The largest absolute Gasteiger partial charge is 0.455 e. The summed E-state index contributed by atoms with van der Waals surface area (Å²) >= 11 is 0. The molecule has 5 heterocycles. The minimum atomic E-state index is -0.260. The predicted molar refractivity (Wildman–Crippen MR) is 184 cm³/mol. The van der Waals surface area contributed by atoms with Gasteiger partial charge in [-0.3, -0.25) is 0 Å². The number of nitrogens with zero attached hydrogens (tertiary/aromatic N) is 3. The molecule has 0 N–H and O–H groups in total. The molecule has 0 radical (unpaired) electrons. The van der Waals surface area contributed by atoms with Gasteiger partial charge in [-0.2, -0.15) is 9.13 Å². The molecule has 0 bridgehead atoms. The van der Waals surface area contributed by atoms with Gasteiger partial charge < -0.3 is 4.42 Å². The number of aromatic nitrogens is 3. The number of allylic oxidation sites excluding steroid dienone is 1. The molecule has 0 spiro atoms. The summed E-state index contributed by atoms with van der Waals surface area (Å²) in [6, 6.07) is 41.7. The van der Waals surface area contributed by atoms with E-state index in [2.05, 4.69) is 124 Å². The van der Waals surface area contributed by atoms with Gasteiger partial charge in [-0.05, 0) is 71.7 Å². The molecule has 3 aromatic heterocycles. The van der Waals surface area contributed by atoms with E-state index in [1.54, 1.807) is 12.3 Å². The van der Waals surface area contributed by atoms with Crippen molar-refractivity contribution in [3.05, 3.63) is 151 Å². The molecular weight excluding hydrogens is 581 g/mol. The van der Waals surface area contributed by atoms with Crippen LogP contribution in [0.25, 0.3) is 72.4 Å². The third kappa shape index (κ3) is 3.62. The maximum atomic E-state index is 15.1. The van der Waals surface area contributed by atoms with Crippen molar-refractivity contribution in [3.63, 3.8) is 0 Å². The summed E-state index contributed by atoms with van der Waals surface area (Å²) in [6.45, 7) is 4.82. The zero-order chi connectivity index (χ0) is 31.4. The highest BCUT2D eigenvalue weighted by atomic mass is 19.1. The van der Waals surface area contributed by atoms with E-state index in [9.17, 15) is 0 Å². The van der Waals surface area contributed by atoms with Crippen LogP contribution in [0.15, 0.2) is 139 Å². The molecule has 0 saturated heterocycles. The summed E-state index contributed by atoms with van der Waals surface area (Å²) in [4.78, 5) is 0. The lowest BCUT2D eigenvalue weighted by atomic mass is 9.76. The summed E-state index contributed by atoms with van der Waals surface area (Å²) in [7, 11) is 2.12. The number of imidazole rings is 1. The third-order valence-electron chi connectivity index (χ3n) is 10.4. The monoisotopic (exact) mass is 611 g/mol. The normalized spacial score (nSPS) is 16.7. The van der Waals surface area contributed by atoms with Gasteiger partial charge in [0.05, 0.1) is 13.0 Å². The van der Waals surface area contributed by atoms with Crippen molar-refractivity contribution in [1.29, 1.82) is 0 Å². The molecule has 2 unspecified atom stereocenters. The van der Waals surface area contributed by atoms with Crippen molar-refractivity contribution in [2.75, 3.05) is 0 Å². The lowest BCUT2D eigenvalue weighted by Gasteiger charge is -2.32. The van der Waals surface area contributed by atoms with E-state index in [1.807, 2.05) is 12.1 Å². The van der Waals surface area contributed by atoms with Gasteiger partial charge in [0, 0.05) is 22.4 Å². The zero-order valence-corrected chi connectivity index (χ0v) is 25.8. The quantitative estimate of drug-likeness (QED) is 0.170. The van der Waals surface area contributed by atoms with E-state index in [4.69, 9.17) is 11.0 Å². The Bertz CT molecular complexity index is 2610. The molecule has 2 aliphatic rings. The Balaban J connectivity index is 1.31. The summed E-state index contributed by atoms with van der Waals surface area (Å²) in [6.07, 6.45) is 2.39. The van der Waals surface area contributed by atoms with Crippen LogP contribution in [0.3, 0.4) is 0 Å². The van der Waals surface area contributed by atoms with Crippen molar-refractivity contribution >= 4 is 38.7 Å². The first-order valence-electron chi connectivity index (χ1n) is 16.1. The number of hydrogen-bond acceptors (Lipinski definition) is 1. The van der Waals surface area contributed by atoms with Gasteiger partial charge in [-0.1, -0.05) is 78.9 Å². The molecule has 4 nitrogen and oxygen atoms in total. The van der Waals surface area contributed by atoms with E-state index < -0.39 is 0 Å². The number of pyridine rings is 1. The fourth-order valence-electron chi connectivity index (χ4n) is 8.34. The molecule has 2 aliphatic heterocycles. The molecule has 10 rings (SSSR count). The molecule has 2 atom stereocenters. The van der Waals surface area contributed by atoms with Crippen LogP contribution in [-0.2, 0) is 13.5 Å². The highest BCUT2D eigenvalue weighted by Gasteiger charge is 2.48. The van der Waals surface area contributed by atoms with E-state index in [0.717, 1.165) is 78.9 Å². The second kappa shape index (κ2) is 9.60. The predicted octanol–water partition coefficient (Wildman–Crippen LogP) is 9.16. The standard InChI is InChI=1S/C42H30FN3O/c1-25-40-34(30-12-6-7-13-31(30)35-21-18-29(43)24-45(35)40)22-28-17-20-33-32-19-16-27(26-10-4-3-5-11-26)23-38(32)47-41(33)39(28)42-44(2)36-14-8-9-15-37(36)46(25)42/h3-21,23-24,34,40H,1,22H2,2H3/q+2. The van der Waals surface area contributed by atoms with Crippen molar-refractivity contribution in [2.45, 2.75) is 18.4 Å². The number of para-hydroxylation sites is 2. The third-order valence-corrected chi connectivity index (χ3v) is 10.4.